The van der Waals surface area contributed by atoms with E-state index in [-0.39, 0.29) is 5.97 Å². The summed E-state index contributed by atoms with van der Waals surface area (Å²) in [7, 11) is 0. The van der Waals surface area contributed by atoms with E-state index in [0.717, 1.165) is 17.7 Å². The Kier molecular flexibility index (Phi) is 7.61. The molecule has 6 nitrogen and oxygen atoms in total. The maximum Gasteiger partial charge on any atom is 0.338 e. The second-order valence-electron chi connectivity index (χ2n) is 6.91. The minimum atomic E-state index is -0.439. The highest BCUT2D eigenvalue weighted by Gasteiger charge is 2.35. The molecular formula is C21H27ClN4O2S. The van der Waals surface area contributed by atoms with Crippen LogP contribution in [0.4, 0.5) is 5.95 Å². The molecule has 0 saturated carbocycles. The molecule has 0 aliphatic carbocycles. The molecule has 0 radical (unpaired) electrons. The second-order valence-corrected chi connectivity index (χ2v) is 8.41. The fourth-order valence-electron chi connectivity index (χ4n) is 3.34. The van der Waals surface area contributed by atoms with Gasteiger partial charge < -0.3 is 10.1 Å². The van der Waals surface area contributed by atoms with Crippen LogP contribution in [0.5, 0.6) is 0 Å². The van der Waals surface area contributed by atoms with E-state index in [0.29, 0.717) is 34.0 Å². The third-order valence-corrected chi connectivity index (χ3v) is 5.88. The lowest BCUT2D eigenvalue weighted by Gasteiger charge is -2.28. The van der Waals surface area contributed by atoms with Crippen molar-refractivity contribution >= 4 is 35.3 Å². The van der Waals surface area contributed by atoms with Crippen molar-refractivity contribution in [3.8, 4) is 0 Å². The van der Waals surface area contributed by atoms with Gasteiger partial charge in [-0.2, -0.15) is 4.98 Å². The van der Waals surface area contributed by atoms with E-state index in [1.807, 2.05) is 31.2 Å². The summed E-state index contributed by atoms with van der Waals surface area (Å²) in [6, 6.07) is 7.04. The first-order valence-corrected chi connectivity index (χ1v) is 11.4. The first-order chi connectivity index (χ1) is 14.0. The molecule has 0 bridgehead atoms. The molecule has 1 N–H and O–H groups in total. The second kappa shape index (κ2) is 10.2. The van der Waals surface area contributed by atoms with Gasteiger partial charge in [-0.05, 0) is 38.0 Å². The quantitative estimate of drug-likeness (QED) is 0.321. The smallest absolute Gasteiger partial charge is 0.338 e. The van der Waals surface area contributed by atoms with Gasteiger partial charge in [-0.3, -0.25) is 0 Å². The number of aromatic nitrogens is 3. The molecule has 0 saturated heterocycles. The highest BCUT2D eigenvalue weighted by Crippen LogP contribution is 2.37. The van der Waals surface area contributed by atoms with E-state index < -0.39 is 6.04 Å². The zero-order valence-corrected chi connectivity index (χ0v) is 18.6. The summed E-state index contributed by atoms with van der Waals surface area (Å²) in [4.78, 5) is 17.4. The van der Waals surface area contributed by atoms with Crippen molar-refractivity contribution in [1.82, 2.24) is 14.8 Å². The van der Waals surface area contributed by atoms with Crippen molar-refractivity contribution in [3.05, 3.63) is 46.1 Å². The molecule has 1 aliphatic rings. The lowest BCUT2D eigenvalue weighted by molar-refractivity contribution is -0.139. The zero-order chi connectivity index (χ0) is 20.8. The highest BCUT2D eigenvalue weighted by molar-refractivity contribution is 7.99. The Bertz CT molecular complexity index is 897. The number of anilines is 1. The van der Waals surface area contributed by atoms with Crippen LogP contribution in [0.15, 0.2) is 40.7 Å². The van der Waals surface area contributed by atoms with Crippen LogP contribution in [0, 0.1) is 0 Å². The SMILES string of the molecule is CCCCCCSc1nc2n(n1)[C@H](c1cccc(Cl)c1)C(C(=O)OCC)=C(C)N2. The Morgan fingerprint density at radius 3 is 2.86 bits per heavy atom. The predicted octanol–water partition coefficient (Wildman–Crippen LogP) is 5.46. The van der Waals surface area contributed by atoms with Crippen molar-refractivity contribution in [2.45, 2.75) is 57.7 Å². The summed E-state index contributed by atoms with van der Waals surface area (Å²) < 4.78 is 7.08. The molecule has 0 unspecified atom stereocenters. The largest absolute Gasteiger partial charge is 0.463 e. The van der Waals surface area contributed by atoms with Crippen molar-refractivity contribution in [1.29, 1.82) is 0 Å². The molecule has 3 rings (SSSR count). The number of allylic oxidation sites excluding steroid dienone is 1. The van der Waals surface area contributed by atoms with Crippen LogP contribution in [0.2, 0.25) is 5.02 Å². The van der Waals surface area contributed by atoms with Crippen molar-refractivity contribution in [2.75, 3.05) is 17.7 Å². The minimum Gasteiger partial charge on any atom is -0.463 e. The van der Waals surface area contributed by atoms with Gasteiger partial charge in [0.05, 0.1) is 12.2 Å². The predicted molar refractivity (Wildman–Crippen MR) is 117 cm³/mol. The molecule has 0 spiro atoms. The molecule has 1 aromatic heterocycles. The first-order valence-electron chi connectivity index (χ1n) is 10.0. The number of hydrogen-bond donors (Lipinski definition) is 1. The molecule has 1 atom stereocenters. The Hall–Kier alpha value is -1.99. The molecule has 1 aliphatic heterocycles. The van der Waals surface area contributed by atoms with Crippen LogP contribution >= 0.6 is 23.4 Å². The molecule has 0 amide bonds. The van der Waals surface area contributed by atoms with Gasteiger partial charge in [0.25, 0.3) is 0 Å². The van der Waals surface area contributed by atoms with Crippen LogP contribution < -0.4 is 5.32 Å². The molecular weight excluding hydrogens is 408 g/mol. The van der Waals surface area contributed by atoms with Gasteiger partial charge in [-0.15, -0.1) is 5.10 Å². The maximum absolute atomic E-state index is 12.7. The minimum absolute atomic E-state index is 0.307. The summed E-state index contributed by atoms with van der Waals surface area (Å²) in [6.07, 6.45) is 4.82. The van der Waals surface area contributed by atoms with Crippen molar-refractivity contribution in [2.24, 2.45) is 0 Å². The first kappa shape index (κ1) is 21.7. The van der Waals surface area contributed by atoms with Gasteiger partial charge in [0.15, 0.2) is 0 Å². The number of rotatable bonds is 9. The molecule has 2 heterocycles. The lowest BCUT2D eigenvalue weighted by atomic mass is 9.96. The van der Waals surface area contributed by atoms with Crippen LogP contribution in [-0.2, 0) is 9.53 Å². The van der Waals surface area contributed by atoms with Crippen LogP contribution in [0.1, 0.15) is 58.1 Å². The number of carbonyl (C=O) groups is 1. The number of nitrogens with one attached hydrogen (secondary N) is 1. The zero-order valence-electron chi connectivity index (χ0n) is 17.1. The van der Waals surface area contributed by atoms with E-state index in [1.165, 1.54) is 19.3 Å². The van der Waals surface area contributed by atoms with E-state index in [4.69, 9.17) is 21.4 Å². The number of ether oxygens (including phenoxy) is 1. The summed E-state index contributed by atoms with van der Waals surface area (Å²) >= 11 is 7.88. The fourth-order valence-corrected chi connectivity index (χ4v) is 4.37. The van der Waals surface area contributed by atoms with E-state index in [1.54, 1.807) is 23.4 Å². The number of esters is 1. The van der Waals surface area contributed by atoms with Gasteiger partial charge in [0.2, 0.25) is 11.1 Å². The van der Waals surface area contributed by atoms with Crippen LogP contribution in [0.25, 0.3) is 0 Å². The van der Waals surface area contributed by atoms with Gasteiger partial charge >= 0.3 is 5.97 Å². The Morgan fingerprint density at radius 1 is 1.31 bits per heavy atom. The summed E-state index contributed by atoms with van der Waals surface area (Å²) in [5, 5.41) is 9.23. The van der Waals surface area contributed by atoms with Crippen molar-refractivity contribution < 1.29 is 9.53 Å². The van der Waals surface area contributed by atoms with Gasteiger partial charge in [-0.25, -0.2) is 9.48 Å². The summed E-state index contributed by atoms with van der Waals surface area (Å²) in [5.41, 5.74) is 2.10. The van der Waals surface area contributed by atoms with E-state index >= 15 is 0 Å². The number of benzene rings is 1. The number of thioether (sulfide) groups is 1. The van der Waals surface area contributed by atoms with Crippen molar-refractivity contribution in [3.63, 3.8) is 0 Å². The van der Waals surface area contributed by atoms with Gasteiger partial charge in [0.1, 0.15) is 6.04 Å². The number of nitrogens with zero attached hydrogens (tertiary/aromatic N) is 3. The number of halogens is 1. The summed E-state index contributed by atoms with van der Waals surface area (Å²) in [5.74, 6) is 1.23. The summed E-state index contributed by atoms with van der Waals surface area (Å²) in [6.45, 7) is 6.17. The fraction of sp³-hybridized carbons (Fsp3) is 0.476. The number of unbranched alkanes of at least 4 members (excludes halogenated alkanes) is 3. The topological polar surface area (TPSA) is 69.0 Å². The standard InChI is InChI=1S/C21H27ClN4O2S/c1-4-6-7-8-12-29-21-24-20-23-14(3)17(19(27)28-5-2)18(26(20)25-21)15-10-9-11-16(22)13-15/h9-11,13,18H,4-8,12H2,1-3H3,(H,23,24,25)/t18-/m1/s1. The molecule has 0 fully saturated rings. The normalized spacial score (nSPS) is 15.8. The number of carbonyl (C=O) groups excluding carboxylic acids is 1. The third-order valence-electron chi connectivity index (χ3n) is 4.72. The number of hydrogen-bond acceptors (Lipinski definition) is 6. The lowest BCUT2D eigenvalue weighted by Crippen LogP contribution is -2.29. The molecule has 8 heteroatoms. The molecule has 29 heavy (non-hydrogen) atoms. The monoisotopic (exact) mass is 434 g/mol. The average Bonchev–Trinajstić information content (AvgIpc) is 3.09. The number of fused-ring (bicyclic) bond motifs is 1. The van der Waals surface area contributed by atoms with Crippen LogP contribution in [0.3, 0.4) is 0 Å². The molecule has 2 aromatic rings. The Morgan fingerprint density at radius 2 is 2.14 bits per heavy atom. The Labute approximate surface area is 181 Å². The third kappa shape index (κ3) is 5.14. The van der Waals surface area contributed by atoms with Crippen LogP contribution in [-0.4, -0.2) is 33.1 Å². The maximum atomic E-state index is 12.7. The Balaban J connectivity index is 1.92. The van der Waals surface area contributed by atoms with E-state index in [9.17, 15) is 4.79 Å². The average molecular weight is 435 g/mol. The van der Waals surface area contributed by atoms with E-state index in [2.05, 4.69) is 17.2 Å². The molecule has 156 valence electrons. The van der Waals surface area contributed by atoms with Gasteiger partial charge in [0, 0.05) is 16.5 Å². The van der Waals surface area contributed by atoms with Gasteiger partial charge in [-0.1, -0.05) is 61.7 Å². The highest BCUT2D eigenvalue weighted by atomic mass is 35.5. The molecule has 1 aromatic carbocycles.